The van der Waals surface area contributed by atoms with Crippen molar-refractivity contribution in [2.24, 2.45) is 0 Å². The molecular weight excluding hydrogens is 288 g/mol. The molecule has 0 atom stereocenters. The number of aromatic nitrogens is 1. The number of carboxylic acid groups (broad SMARTS) is 1. The van der Waals surface area contributed by atoms with Crippen LogP contribution in [0, 0.1) is 18.3 Å². The molecule has 1 aromatic carbocycles. The number of carbonyl (C=O) groups is 1. The molecule has 21 heavy (non-hydrogen) atoms. The van der Waals surface area contributed by atoms with E-state index in [-0.39, 0.29) is 5.57 Å². The summed E-state index contributed by atoms with van der Waals surface area (Å²) in [5.41, 5.74) is 1.26. The Balaban J connectivity index is 2.02. The molecule has 0 saturated carbocycles. The van der Waals surface area contributed by atoms with Crippen LogP contribution in [0.15, 0.2) is 35.2 Å². The lowest BCUT2D eigenvalue weighted by Crippen LogP contribution is -1.98. The highest BCUT2D eigenvalue weighted by Crippen LogP contribution is 2.17. The van der Waals surface area contributed by atoms with Crippen LogP contribution in [0.25, 0.3) is 6.08 Å². The maximum absolute atomic E-state index is 10.7. The molecule has 1 heterocycles. The van der Waals surface area contributed by atoms with E-state index in [4.69, 9.17) is 15.1 Å². The highest BCUT2D eigenvalue weighted by molar-refractivity contribution is 7.09. The summed E-state index contributed by atoms with van der Waals surface area (Å²) in [6, 6.07) is 9.28. The Kier molecular flexibility index (Phi) is 4.69. The largest absolute Gasteiger partial charge is 0.486 e. The van der Waals surface area contributed by atoms with Gasteiger partial charge in [0, 0.05) is 5.38 Å². The number of nitriles is 1. The number of thiazole rings is 1. The Bertz CT molecular complexity index is 711. The van der Waals surface area contributed by atoms with E-state index in [0.29, 0.717) is 17.3 Å². The van der Waals surface area contributed by atoms with Crippen molar-refractivity contribution in [3.05, 3.63) is 51.5 Å². The lowest BCUT2D eigenvalue weighted by molar-refractivity contribution is -0.132. The SMILES string of the molecule is Cc1ccc(OCc2nc(C=C(C#N)C(=O)O)cs2)cc1. The summed E-state index contributed by atoms with van der Waals surface area (Å²) in [7, 11) is 0. The van der Waals surface area contributed by atoms with Crippen molar-refractivity contribution in [3.8, 4) is 11.8 Å². The zero-order chi connectivity index (χ0) is 15.2. The molecule has 0 aliphatic carbocycles. The van der Waals surface area contributed by atoms with Crippen molar-refractivity contribution < 1.29 is 14.6 Å². The van der Waals surface area contributed by atoms with Crippen LogP contribution in [0.3, 0.4) is 0 Å². The van der Waals surface area contributed by atoms with Crippen LogP contribution in [-0.4, -0.2) is 16.1 Å². The number of hydrogen-bond donors (Lipinski definition) is 1. The van der Waals surface area contributed by atoms with Gasteiger partial charge in [0.1, 0.15) is 29.0 Å². The van der Waals surface area contributed by atoms with Crippen LogP contribution in [-0.2, 0) is 11.4 Å². The Morgan fingerprint density at radius 3 is 2.81 bits per heavy atom. The van der Waals surface area contributed by atoms with Gasteiger partial charge in [0.25, 0.3) is 0 Å². The Hall–Kier alpha value is -2.65. The van der Waals surface area contributed by atoms with E-state index in [2.05, 4.69) is 4.98 Å². The summed E-state index contributed by atoms with van der Waals surface area (Å²) in [6.07, 6.45) is 1.24. The second-order valence-electron chi connectivity index (χ2n) is 4.24. The maximum Gasteiger partial charge on any atom is 0.346 e. The van der Waals surface area contributed by atoms with Gasteiger partial charge >= 0.3 is 5.97 Å². The summed E-state index contributed by atoms with van der Waals surface area (Å²) in [6.45, 7) is 2.30. The van der Waals surface area contributed by atoms with Crippen LogP contribution in [0.4, 0.5) is 0 Å². The number of nitrogens with zero attached hydrogens (tertiary/aromatic N) is 2. The molecule has 0 unspecified atom stereocenters. The van der Waals surface area contributed by atoms with Crippen LogP contribution in [0.2, 0.25) is 0 Å². The van der Waals surface area contributed by atoms with Gasteiger partial charge in [0.2, 0.25) is 0 Å². The van der Waals surface area contributed by atoms with E-state index >= 15 is 0 Å². The molecule has 0 spiro atoms. The van der Waals surface area contributed by atoms with Gasteiger partial charge in [-0.25, -0.2) is 9.78 Å². The number of benzene rings is 1. The normalized spacial score (nSPS) is 11.0. The van der Waals surface area contributed by atoms with Gasteiger partial charge in [0.15, 0.2) is 0 Å². The highest BCUT2D eigenvalue weighted by Gasteiger charge is 2.08. The quantitative estimate of drug-likeness (QED) is 0.678. The summed E-state index contributed by atoms with van der Waals surface area (Å²) < 4.78 is 5.59. The fourth-order valence-electron chi connectivity index (χ4n) is 1.53. The fourth-order valence-corrected chi connectivity index (χ4v) is 2.19. The number of aryl methyl sites for hydroxylation is 1. The first-order valence-corrected chi connectivity index (χ1v) is 6.95. The summed E-state index contributed by atoms with van der Waals surface area (Å²) in [4.78, 5) is 15.0. The molecule has 0 bridgehead atoms. The van der Waals surface area contributed by atoms with E-state index in [1.54, 1.807) is 11.4 Å². The Morgan fingerprint density at radius 1 is 1.48 bits per heavy atom. The molecular formula is C15H12N2O3S. The molecule has 6 heteroatoms. The standard InChI is InChI=1S/C15H12N2O3S/c1-10-2-4-13(5-3-10)20-8-14-17-12(9-21-14)6-11(7-16)15(18)19/h2-6,9H,8H2,1H3,(H,18,19). The molecule has 2 aromatic rings. The minimum Gasteiger partial charge on any atom is -0.486 e. The van der Waals surface area contributed by atoms with E-state index in [1.165, 1.54) is 17.4 Å². The molecule has 0 aliphatic heterocycles. The topological polar surface area (TPSA) is 83.2 Å². The number of hydrogen-bond acceptors (Lipinski definition) is 5. The van der Waals surface area contributed by atoms with Crippen LogP contribution >= 0.6 is 11.3 Å². The third-order valence-corrected chi connectivity index (χ3v) is 3.44. The summed E-state index contributed by atoms with van der Waals surface area (Å²) in [5.74, 6) is -0.515. The molecule has 0 aliphatic rings. The van der Waals surface area contributed by atoms with E-state index in [0.717, 1.165) is 11.3 Å². The minimum absolute atomic E-state index is 0.302. The highest BCUT2D eigenvalue weighted by atomic mass is 32.1. The molecule has 0 radical (unpaired) electrons. The predicted octanol–water partition coefficient (Wildman–Crippen LogP) is 3.02. The van der Waals surface area contributed by atoms with E-state index in [9.17, 15) is 4.79 Å². The number of rotatable bonds is 5. The van der Waals surface area contributed by atoms with Crippen LogP contribution in [0.1, 0.15) is 16.3 Å². The van der Waals surface area contributed by atoms with Gasteiger partial charge in [-0.1, -0.05) is 17.7 Å². The molecule has 5 nitrogen and oxygen atoms in total. The molecule has 1 N–H and O–H groups in total. The lowest BCUT2D eigenvalue weighted by atomic mass is 10.2. The van der Waals surface area contributed by atoms with Gasteiger partial charge < -0.3 is 9.84 Å². The number of carboxylic acids is 1. The fraction of sp³-hybridized carbons (Fsp3) is 0.133. The smallest absolute Gasteiger partial charge is 0.346 e. The molecule has 0 fully saturated rings. The van der Waals surface area contributed by atoms with Crippen molar-refractivity contribution in [3.63, 3.8) is 0 Å². The van der Waals surface area contributed by atoms with Gasteiger partial charge in [-0.3, -0.25) is 0 Å². The molecule has 2 rings (SSSR count). The van der Waals surface area contributed by atoms with Gasteiger partial charge in [-0.15, -0.1) is 11.3 Å². The Labute approximate surface area is 125 Å². The first-order valence-electron chi connectivity index (χ1n) is 6.07. The number of ether oxygens (including phenoxy) is 1. The van der Waals surface area contributed by atoms with E-state index in [1.807, 2.05) is 31.2 Å². The third-order valence-electron chi connectivity index (χ3n) is 2.60. The molecule has 0 saturated heterocycles. The van der Waals surface area contributed by atoms with Crippen molar-refractivity contribution in [2.75, 3.05) is 0 Å². The van der Waals surface area contributed by atoms with Crippen molar-refractivity contribution in [1.29, 1.82) is 5.26 Å². The van der Waals surface area contributed by atoms with Crippen molar-refractivity contribution in [2.45, 2.75) is 13.5 Å². The van der Waals surface area contributed by atoms with Crippen LogP contribution in [0.5, 0.6) is 5.75 Å². The second-order valence-corrected chi connectivity index (χ2v) is 5.19. The average molecular weight is 300 g/mol. The van der Waals surface area contributed by atoms with Gasteiger partial charge in [-0.05, 0) is 25.1 Å². The third kappa shape index (κ3) is 4.16. The van der Waals surface area contributed by atoms with Crippen molar-refractivity contribution >= 4 is 23.4 Å². The lowest BCUT2D eigenvalue weighted by Gasteiger charge is -2.03. The van der Waals surface area contributed by atoms with Gasteiger partial charge in [0.05, 0.1) is 5.69 Å². The first kappa shape index (κ1) is 14.8. The predicted molar refractivity (Wildman–Crippen MR) is 78.9 cm³/mol. The maximum atomic E-state index is 10.7. The zero-order valence-electron chi connectivity index (χ0n) is 11.2. The number of aliphatic carboxylic acids is 1. The summed E-state index contributed by atoms with van der Waals surface area (Å²) >= 11 is 1.35. The zero-order valence-corrected chi connectivity index (χ0v) is 12.1. The van der Waals surface area contributed by atoms with Gasteiger partial charge in [-0.2, -0.15) is 5.26 Å². The van der Waals surface area contributed by atoms with E-state index < -0.39 is 5.97 Å². The molecule has 106 valence electrons. The first-order chi connectivity index (χ1) is 10.1. The Morgan fingerprint density at radius 2 is 2.19 bits per heavy atom. The molecule has 0 amide bonds. The second kappa shape index (κ2) is 6.68. The molecule has 1 aromatic heterocycles. The van der Waals surface area contributed by atoms with Crippen molar-refractivity contribution in [1.82, 2.24) is 4.98 Å². The van der Waals surface area contributed by atoms with Crippen LogP contribution < -0.4 is 4.74 Å². The monoisotopic (exact) mass is 300 g/mol. The minimum atomic E-state index is -1.26. The summed E-state index contributed by atoms with van der Waals surface area (Å²) in [5, 5.41) is 19.9. The average Bonchev–Trinajstić information content (AvgIpc) is 2.91.